The Labute approximate surface area is 96.9 Å². The van der Waals surface area contributed by atoms with Gasteiger partial charge in [-0.05, 0) is 43.1 Å². The van der Waals surface area contributed by atoms with Crippen LogP contribution in [0.3, 0.4) is 0 Å². The molecular formula is C15H18O. The first-order valence-electron chi connectivity index (χ1n) is 6.42. The average Bonchev–Trinajstić information content (AvgIpc) is 2.76. The van der Waals surface area contributed by atoms with Crippen molar-refractivity contribution in [3.63, 3.8) is 0 Å². The summed E-state index contributed by atoms with van der Waals surface area (Å²) in [5.41, 5.74) is 1.43. The van der Waals surface area contributed by atoms with Crippen LogP contribution in [0.5, 0.6) is 0 Å². The zero-order chi connectivity index (χ0) is 11.0. The number of carbonyl (C=O) groups is 1. The van der Waals surface area contributed by atoms with Gasteiger partial charge >= 0.3 is 0 Å². The molecule has 0 aliphatic heterocycles. The molecule has 1 aromatic rings. The Bertz CT molecular complexity index is 382. The molecule has 3 atom stereocenters. The van der Waals surface area contributed by atoms with Crippen LogP contribution in [0.4, 0.5) is 0 Å². The van der Waals surface area contributed by atoms with E-state index in [9.17, 15) is 4.79 Å². The maximum absolute atomic E-state index is 11.9. The fraction of sp³-hybridized carbons (Fsp3) is 0.533. The SMILES string of the molecule is O=C1CCC[C@H]2C[C@@H](c3ccccc3)C[C@H]12. The Kier molecular flexibility index (Phi) is 2.55. The molecule has 2 fully saturated rings. The summed E-state index contributed by atoms with van der Waals surface area (Å²) in [5, 5.41) is 0. The number of fused-ring (bicyclic) bond motifs is 1. The highest BCUT2D eigenvalue weighted by atomic mass is 16.1. The first-order valence-corrected chi connectivity index (χ1v) is 6.42. The number of Topliss-reactive ketones (excluding diaryl/α,β-unsaturated/α-hetero) is 1. The van der Waals surface area contributed by atoms with Gasteiger partial charge in [0.05, 0.1) is 0 Å². The molecular weight excluding hydrogens is 196 g/mol. The van der Waals surface area contributed by atoms with Crippen molar-refractivity contribution in [1.29, 1.82) is 0 Å². The molecule has 0 saturated heterocycles. The maximum atomic E-state index is 11.9. The summed E-state index contributed by atoms with van der Waals surface area (Å²) in [6.45, 7) is 0. The Morgan fingerprint density at radius 2 is 1.88 bits per heavy atom. The lowest BCUT2D eigenvalue weighted by atomic mass is 9.81. The van der Waals surface area contributed by atoms with Crippen LogP contribution in [-0.2, 0) is 4.79 Å². The molecule has 1 heteroatoms. The van der Waals surface area contributed by atoms with Gasteiger partial charge in [-0.25, -0.2) is 0 Å². The third kappa shape index (κ3) is 1.68. The van der Waals surface area contributed by atoms with Crippen molar-refractivity contribution in [2.45, 2.75) is 38.0 Å². The molecule has 0 amide bonds. The van der Waals surface area contributed by atoms with Crippen molar-refractivity contribution in [3.8, 4) is 0 Å². The third-order valence-corrected chi connectivity index (χ3v) is 4.38. The second-order valence-corrected chi connectivity index (χ2v) is 5.30. The largest absolute Gasteiger partial charge is 0.299 e. The van der Waals surface area contributed by atoms with E-state index >= 15 is 0 Å². The van der Waals surface area contributed by atoms with Crippen molar-refractivity contribution < 1.29 is 4.79 Å². The maximum Gasteiger partial charge on any atom is 0.136 e. The molecule has 0 spiro atoms. The van der Waals surface area contributed by atoms with E-state index < -0.39 is 0 Å². The van der Waals surface area contributed by atoms with Gasteiger partial charge in [-0.15, -0.1) is 0 Å². The van der Waals surface area contributed by atoms with Crippen LogP contribution in [0.15, 0.2) is 30.3 Å². The van der Waals surface area contributed by atoms with Gasteiger partial charge < -0.3 is 0 Å². The number of hydrogen-bond acceptors (Lipinski definition) is 1. The molecule has 0 radical (unpaired) electrons. The van der Waals surface area contributed by atoms with Crippen molar-refractivity contribution in [1.82, 2.24) is 0 Å². The van der Waals surface area contributed by atoms with Gasteiger partial charge in [-0.2, -0.15) is 0 Å². The molecule has 2 aliphatic rings. The number of benzene rings is 1. The summed E-state index contributed by atoms with van der Waals surface area (Å²) in [4.78, 5) is 11.9. The molecule has 3 rings (SSSR count). The highest BCUT2D eigenvalue weighted by Gasteiger charge is 2.40. The van der Waals surface area contributed by atoms with E-state index in [1.807, 2.05) is 0 Å². The van der Waals surface area contributed by atoms with E-state index in [1.165, 1.54) is 18.4 Å². The van der Waals surface area contributed by atoms with Crippen LogP contribution in [0.25, 0.3) is 0 Å². The normalized spacial score (nSPS) is 33.8. The Hall–Kier alpha value is -1.11. The Morgan fingerprint density at radius 3 is 2.62 bits per heavy atom. The fourth-order valence-electron chi connectivity index (χ4n) is 3.56. The molecule has 0 aromatic heterocycles. The Morgan fingerprint density at radius 1 is 1.06 bits per heavy atom. The highest BCUT2D eigenvalue weighted by molar-refractivity contribution is 5.82. The van der Waals surface area contributed by atoms with Gasteiger partial charge in [0.25, 0.3) is 0 Å². The minimum Gasteiger partial charge on any atom is -0.299 e. The van der Waals surface area contributed by atoms with Gasteiger partial charge in [0.15, 0.2) is 0 Å². The van der Waals surface area contributed by atoms with E-state index in [2.05, 4.69) is 30.3 Å². The smallest absolute Gasteiger partial charge is 0.136 e. The van der Waals surface area contributed by atoms with Gasteiger partial charge in [-0.3, -0.25) is 4.79 Å². The summed E-state index contributed by atoms with van der Waals surface area (Å²) in [6.07, 6.45) is 5.58. The molecule has 1 aromatic carbocycles. The standard InChI is InChI=1S/C15H18O/c16-15-8-4-7-12-9-13(10-14(12)15)11-5-2-1-3-6-11/h1-3,5-6,12-14H,4,7-10H2/t12-,13+,14-/m0/s1. The molecule has 0 N–H and O–H groups in total. The zero-order valence-electron chi connectivity index (χ0n) is 9.56. The molecule has 0 bridgehead atoms. The van der Waals surface area contributed by atoms with Crippen molar-refractivity contribution in [2.75, 3.05) is 0 Å². The van der Waals surface area contributed by atoms with Crippen LogP contribution in [-0.4, -0.2) is 5.78 Å². The summed E-state index contributed by atoms with van der Waals surface area (Å²) in [7, 11) is 0. The molecule has 2 saturated carbocycles. The van der Waals surface area contributed by atoms with Crippen LogP contribution in [0.1, 0.15) is 43.6 Å². The predicted octanol–water partition coefficient (Wildman–Crippen LogP) is 3.55. The Balaban J connectivity index is 1.79. The average molecular weight is 214 g/mol. The molecule has 84 valence electrons. The van der Waals surface area contributed by atoms with Crippen molar-refractivity contribution >= 4 is 5.78 Å². The van der Waals surface area contributed by atoms with E-state index in [4.69, 9.17) is 0 Å². The van der Waals surface area contributed by atoms with Crippen molar-refractivity contribution in [3.05, 3.63) is 35.9 Å². The minimum atomic E-state index is 0.388. The van der Waals surface area contributed by atoms with Gasteiger partial charge in [0, 0.05) is 12.3 Å². The number of hydrogen-bond donors (Lipinski definition) is 0. The number of ketones is 1. The summed E-state index contributed by atoms with van der Waals surface area (Å²) in [6, 6.07) is 10.7. The lowest BCUT2D eigenvalue weighted by Crippen LogP contribution is -2.23. The first-order chi connectivity index (χ1) is 7.84. The van der Waals surface area contributed by atoms with Crippen LogP contribution >= 0.6 is 0 Å². The highest BCUT2D eigenvalue weighted by Crippen LogP contribution is 2.47. The van der Waals surface area contributed by atoms with E-state index in [1.54, 1.807) is 0 Å². The first kappa shape index (κ1) is 10.1. The zero-order valence-corrected chi connectivity index (χ0v) is 9.56. The summed E-state index contributed by atoms with van der Waals surface area (Å²) >= 11 is 0. The molecule has 2 aliphatic carbocycles. The minimum absolute atomic E-state index is 0.388. The van der Waals surface area contributed by atoms with Gasteiger partial charge in [0.1, 0.15) is 5.78 Å². The van der Waals surface area contributed by atoms with Crippen LogP contribution in [0, 0.1) is 11.8 Å². The topological polar surface area (TPSA) is 17.1 Å². The lowest BCUT2D eigenvalue weighted by Gasteiger charge is -2.22. The summed E-state index contributed by atoms with van der Waals surface area (Å²) in [5.74, 6) is 2.25. The second-order valence-electron chi connectivity index (χ2n) is 5.30. The molecule has 1 nitrogen and oxygen atoms in total. The molecule has 0 heterocycles. The monoisotopic (exact) mass is 214 g/mol. The molecule has 16 heavy (non-hydrogen) atoms. The number of rotatable bonds is 1. The van der Waals surface area contributed by atoms with E-state index in [0.29, 0.717) is 23.5 Å². The lowest BCUT2D eigenvalue weighted by molar-refractivity contribution is -0.125. The second kappa shape index (κ2) is 4.04. The van der Waals surface area contributed by atoms with Gasteiger partial charge in [0.2, 0.25) is 0 Å². The van der Waals surface area contributed by atoms with E-state index in [-0.39, 0.29) is 0 Å². The summed E-state index contributed by atoms with van der Waals surface area (Å²) < 4.78 is 0. The predicted molar refractivity (Wildman–Crippen MR) is 64.3 cm³/mol. The third-order valence-electron chi connectivity index (χ3n) is 4.38. The van der Waals surface area contributed by atoms with Crippen LogP contribution < -0.4 is 0 Å². The number of carbonyl (C=O) groups excluding carboxylic acids is 1. The fourth-order valence-corrected chi connectivity index (χ4v) is 3.56. The van der Waals surface area contributed by atoms with Crippen molar-refractivity contribution in [2.24, 2.45) is 11.8 Å². The van der Waals surface area contributed by atoms with Crippen LogP contribution in [0.2, 0.25) is 0 Å². The quantitative estimate of drug-likeness (QED) is 0.698. The van der Waals surface area contributed by atoms with Gasteiger partial charge in [-0.1, -0.05) is 30.3 Å². The molecule has 0 unspecified atom stereocenters. The van der Waals surface area contributed by atoms with E-state index in [0.717, 1.165) is 19.3 Å².